The first kappa shape index (κ1) is 18.4. The molecule has 5 nitrogen and oxygen atoms in total. The number of para-hydroxylation sites is 1. The third-order valence-electron chi connectivity index (χ3n) is 5.37. The number of aromatic amines is 1. The minimum absolute atomic E-state index is 0.0564. The predicted octanol–water partition coefficient (Wildman–Crippen LogP) is 3.69. The number of fused-ring (bicyclic) bond motifs is 1. The third kappa shape index (κ3) is 3.85. The summed E-state index contributed by atoms with van der Waals surface area (Å²) in [5.74, 6) is 0.301. The normalized spacial score (nSPS) is 15.3. The maximum Gasteiger partial charge on any atom is 0.222 e. The first-order chi connectivity index (χ1) is 13.7. The molecule has 2 N–H and O–H groups in total. The van der Waals surface area contributed by atoms with Crippen molar-refractivity contribution in [2.24, 2.45) is 0 Å². The van der Waals surface area contributed by atoms with Crippen LogP contribution in [0.25, 0.3) is 10.9 Å². The van der Waals surface area contributed by atoms with Crippen molar-refractivity contribution in [1.29, 1.82) is 0 Å². The highest BCUT2D eigenvalue weighted by Crippen LogP contribution is 2.24. The number of H-pyrrole nitrogens is 1. The van der Waals surface area contributed by atoms with Crippen LogP contribution in [-0.4, -0.2) is 41.2 Å². The molecule has 144 valence electrons. The molecule has 1 saturated heterocycles. The maximum atomic E-state index is 13.4. The topological polar surface area (TPSA) is 65.2 Å². The van der Waals surface area contributed by atoms with Crippen LogP contribution < -0.4 is 5.32 Å². The molecule has 2 heterocycles. The molecule has 1 amide bonds. The van der Waals surface area contributed by atoms with Gasteiger partial charge in [-0.1, -0.05) is 48.5 Å². The first-order valence-electron chi connectivity index (χ1n) is 9.90. The van der Waals surface area contributed by atoms with Gasteiger partial charge < -0.3 is 15.2 Å². The Hall–Kier alpha value is -2.92. The van der Waals surface area contributed by atoms with E-state index in [1.165, 1.54) is 0 Å². The average Bonchev–Trinajstić information content (AvgIpc) is 3.34. The molecular weight excluding hydrogens is 350 g/mol. The van der Waals surface area contributed by atoms with Gasteiger partial charge in [-0.2, -0.15) is 0 Å². The van der Waals surface area contributed by atoms with Crippen LogP contribution in [0.4, 0.5) is 0 Å². The predicted molar refractivity (Wildman–Crippen MR) is 110 cm³/mol. The van der Waals surface area contributed by atoms with Crippen LogP contribution in [0.5, 0.6) is 0 Å². The van der Waals surface area contributed by atoms with E-state index < -0.39 is 6.04 Å². The second-order valence-electron chi connectivity index (χ2n) is 7.25. The number of Topliss-reactive ketones (excluding diaryl/α,β-unsaturated/α-hetero) is 1. The summed E-state index contributed by atoms with van der Waals surface area (Å²) in [6.45, 7) is 2.28. The summed E-state index contributed by atoms with van der Waals surface area (Å²) in [7, 11) is 0. The molecule has 0 spiro atoms. The van der Waals surface area contributed by atoms with E-state index in [9.17, 15) is 9.59 Å². The van der Waals surface area contributed by atoms with Gasteiger partial charge in [-0.15, -0.1) is 0 Å². The van der Waals surface area contributed by atoms with Crippen molar-refractivity contribution < 1.29 is 9.59 Å². The Morgan fingerprint density at radius 1 is 1.11 bits per heavy atom. The van der Waals surface area contributed by atoms with Crippen LogP contribution in [0.3, 0.4) is 0 Å². The fraction of sp³-hybridized carbons (Fsp3) is 0.304. The molecule has 1 fully saturated rings. The highest BCUT2D eigenvalue weighted by atomic mass is 16.2. The Morgan fingerprint density at radius 3 is 2.68 bits per heavy atom. The summed E-state index contributed by atoms with van der Waals surface area (Å²) in [4.78, 5) is 30.2. The van der Waals surface area contributed by atoms with Crippen LogP contribution >= 0.6 is 0 Å². The number of hydrogen-bond donors (Lipinski definition) is 2. The number of likely N-dealkylation sites (tertiary alicyclic amines) is 1. The standard InChI is InChI=1S/C23H25N3O2/c27-21-12-6-14-26(21)15-7-13-24-22(17-8-2-1-3-9-17)23(28)19-16-25-20-11-5-4-10-18(19)20/h1-5,8-11,16,22,24-25H,6-7,12-15H2/t22-/m0/s1. The van der Waals surface area contributed by atoms with Crippen LogP contribution in [0.2, 0.25) is 0 Å². The number of nitrogens with zero attached hydrogens (tertiary/aromatic N) is 1. The first-order valence-corrected chi connectivity index (χ1v) is 9.90. The van der Waals surface area contributed by atoms with Crippen molar-refractivity contribution in [1.82, 2.24) is 15.2 Å². The van der Waals surface area contributed by atoms with Crippen molar-refractivity contribution in [2.75, 3.05) is 19.6 Å². The molecule has 0 aliphatic carbocycles. The quantitative estimate of drug-likeness (QED) is 0.466. The lowest BCUT2D eigenvalue weighted by Gasteiger charge is -2.20. The molecule has 0 unspecified atom stereocenters. The van der Waals surface area contributed by atoms with Crippen molar-refractivity contribution in [3.05, 3.63) is 71.9 Å². The monoisotopic (exact) mass is 375 g/mol. The molecule has 0 bridgehead atoms. The molecule has 1 aromatic heterocycles. The van der Waals surface area contributed by atoms with E-state index in [-0.39, 0.29) is 11.7 Å². The summed E-state index contributed by atoms with van der Waals surface area (Å²) in [5.41, 5.74) is 2.62. The molecule has 3 aromatic rings. The Balaban J connectivity index is 1.49. The van der Waals surface area contributed by atoms with Crippen molar-refractivity contribution >= 4 is 22.6 Å². The summed E-state index contributed by atoms with van der Waals surface area (Å²) in [6.07, 6.45) is 4.25. The minimum Gasteiger partial charge on any atom is -0.360 e. The van der Waals surface area contributed by atoms with Gasteiger partial charge in [0.25, 0.3) is 0 Å². The Kier molecular flexibility index (Phi) is 5.53. The lowest BCUT2D eigenvalue weighted by atomic mass is 9.97. The van der Waals surface area contributed by atoms with Crippen LogP contribution in [-0.2, 0) is 4.79 Å². The SMILES string of the molecule is O=C(c1c[nH]c2ccccc12)[C@@H](NCCCN1CCCC1=O)c1ccccc1. The molecule has 0 saturated carbocycles. The second kappa shape index (κ2) is 8.40. The van der Waals surface area contributed by atoms with Gasteiger partial charge in [-0.3, -0.25) is 9.59 Å². The van der Waals surface area contributed by atoms with E-state index in [4.69, 9.17) is 0 Å². The lowest BCUT2D eigenvalue weighted by molar-refractivity contribution is -0.127. The van der Waals surface area contributed by atoms with E-state index in [2.05, 4.69) is 10.3 Å². The molecular formula is C23H25N3O2. The number of rotatable bonds is 8. The molecule has 5 heteroatoms. The van der Waals surface area contributed by atoms with Crippen LogP contribution in [0.15, 0.2) is 60.8 Å². The number of hydrogen-bond acceptors (Lipinski definition) is 3. The molecule has 0 radical (unpaired) electrons. The molecule has 1 aliphatic rings. The zero-order valence-electron chi connectivity index (χ0n) is 15.9. The fourth-order valence-electron chi connectivity index (χ4n) is 3.90. The second-order valence-corrected chi connectivity index (χ2v) is 7.25. The van der Waals surface area contributed by atoms with Gasteiger partial charge in [0, 0.05) is 42.2 Å². The number of carbonyl (C=O) groups is 2. The zero-order chi connectivity index (χ0) is 19.3. The van der Waals surface area contributed by atoms with Gasteiger partial charge in [0.1, 0.15) is 0 Å². The van der Waals surface area contributed by atoms with Gasteiger partial charge in [-0.05, 0) is 31.0 Å². The summed E-state index contributed by atoms with van der Waals surface area (Å²) < 4.78 is 0. The molecule has 28 heavy (non-hydrogen) atoms. The van der Waals surface area contributed by atoms with Gasteiger partial charge in [0.05, 0.1) is 6.04 Å². The van der Waals surface area contributed by atoms with E-state index in [0.717, 1.165) is 42.4 Å². The maximum absolute atomic E-state index is 13.4. The van der Waals surface area contributed by atoms with Gasteiger partial charge >= 0.3 is 0 Å². The lowest BCUT2D eigenvalue weighted by Crippen LogP contribution is -2.32. The molecule has 4 rings (SSSR count). The minimum atomic E-state index is -0.408. The zero-order valence-corrected chi connectivity index (χ0v) is 15.9. The van der Waals surface area contributed by atoms with E-state index >= 15 is 0 Å². The molecule has 1 atom stereocenters. The van der Waals surface area contributed by atoms with Crippen molar-refractivity contribution in [3.8, 4) is 0 Å². The number of ketones is 1. The van der Waals surface area contributed by atoms with Crippen molar-refractivity contribution in [2.45, 2.75) is 25.3 Å². The highest BCUT2D eigenvalue weighted by molar-refractivity contribution is 6.10. The molecule has 1 aliphatic heterocycles. The summed E-state index contributed by atoms with van der Waals surface area (Å²) in [5, 5.41) is 4.37. The van der Waals surface area contributed by atoms with Crippen LogP contribution in [0.1, 0.15) is 41.2 Å². The smallest absolute Gasteiger partial charge is 0.222 e. The van der Waals surface area contributed by atoms with Crippen molar-refractivity contribution in [3.63, 3.8) is 0 Å². The van der Waals surface area contributed by atoms with E-state index in [1.807, 2.05) is 59.5 Å². The third-order valence-corrected chi connectivity index (χ3v) is 5.37. The van der Waals surface area contributed by atoms with Gasteiger partial charge in [-0.25, -0.2) is 0 Å². The largest absolute Gasteiger partial charge is 0.360 e. The van der Waals surface area contributed by atoms with E-state index in [0.29, 0.717) is 18.5 Å². The number of benzene rings is 2. The number of nitrogens with one attached hydrogen (secondary N) is 2. The Morgan fingerprint density at radius 2 is 1.89 bits per heavy atom. The fourth-order valence-corrected chi connectivity index (χ4v) is 3.90. The van der Waals surface area contributed by atoms with Gasteiger partial charge in [0.2, 0.25) is 5.91 Å². The van der Waals surface area contributed by atoms with E-state index in [1.54, 1.807) is 6.20 Å². The number of carbonyl (C=O) groups excluding carboxylic acids is 2. The number of aromatic nitrogens is 1. The number of amides is 1. The average molecular weight is 375 g/mol. The highest BCUT2D eigenvalue weighted by Gasteiger charge is 2.24. The summed E-state index contributed by atoms with van der Waals surface area (Å²) >= 11 is 0. The molecule has 2 aromatic carbocycles. The summed E-state index contributed by atoms with van der Waals surface area (Å²) in [6, 6.07) is 17.3. The Labute approximate surface area is 164 Å². The van der Waals surface area contributed by atoms with Crippen LogP contribution in [0, 0.1) is 0 Å². The Bertz CT molecular complexity index is 964. The van der Waals surface area contributed by atoms with Gasteiger partial charge in [0.15, 0.2) is 5.78 Å².